The molecule has 1 aliphatic rings. The maximum Gasteiger partial charge on any atom is 0.307 e. The number of rotatable bonds is 6. The lowest BCUT2D eigenvalue weighted by Crippen LogP contribution is -2.43. The van der Waals surface area contributed by atoms with Crippen LogP contribution >= 0.6 is 11.8 Å². The van der Waals surface area contributed by atoms with Crippen LogP contribution in [0.1, 0.15) is 20.8 Å². The number of thioether (sulfide) groups is 1. The van der Waals surface area contributed by atoms with E-state index in [0.717, 1.165) is 0 Å². The van der Waals surface area contributed by atoms with Gasteiger partial charge in [0.2, 0.25) is 5.91 Å². The molecule has 1 saturated carbocycles. The monoisotopic (exact) mass is 275 g/mol. The smallest absolute Gasteiger partial charge is 0.307 e. The number of aliphatic carboxylic acids is 1. The van der Waals surface area contributed by atoms with Crippen LogP contribution in [-0.2, 0) is 9.59 Å². The topological polar surface area (TPSA) is 86.6 Å². The SMILES string of the molecule is CSCC(C)(O)CNC(=O)C1C(C(=O)O)C1(C)C. The number of carboxylic acid groups (broad SMARTS) is 1. The van der Waals surface area contributed by atoms with Gasteiger partial charge in [0.15, 0.2) is 0 Å². The Morgan fingerprint density at radius 1 is 1.39 bits per heavy atom. The first-order valence-corrected chi connectivity index (χ1v) is 7.24. The van der Waals surface area contributed by atoms with E-state index in [1.165, 1.54) is 11.8 Å². The van der Waals surface area contributed by atoms with E-state index in [1.807, 2.05) is 6.26 Å². The summed E-state index contributed by atoms with van der Waals surface area (Å²) in [5.74, 6) is -1.82. The van der Waals surface area contributed by atoms with E-state index in [4.69, 9.17) is 5.11 Å². The molecule has 1 amide bonds. The van der Waals surface area contributed by atoms with Gasteiger partial charge in [-0.25, -0.2) is 0 Å². The third kappa shape index (κ3) is 3.17. The number of nitrogens with one attached hydrogen (secondary N) is 1. The van der Waals surface area contributed by atoms with E-state index in [1.54, 1.807) is 20.8 Å². The molecule has 0 saturated heterocycles. The number of carbonyl (C=O) groups excluding carboxylic acids is 1. The Balaban J connectivity index is 2.51. The van der Waals surface area contributed by atoms with Crippen molar-refractivity contribution in [3.05, 3.63) is 0 Å². The van der Waals surface area contributed by atoms with Gasteiger partial charge in [0.1, 0.15) is 0 Å². The quantitative estimate of drug-likeness (QED) is 0.660. The number of carboxylic acids is 1. The molecule has 0 aromatic heterocycles. The maximum absolute atomic E-state index is 11.9. The average molecular weight is 275 g/mol. The fourth-order valence-electron chi connectivity index (χ4n) is 2.34. The average Bonchev–Trinajstić information content (AvgIpc) is 2.78. The highest BCUT2D eigenvalue weighted by molar-refractivity contribution is 7.98. The predicted octanol–water partition coefficient (Wildman–Crippen LogP) is 0.573. The first-order valence-electron chi connectivity index (χ1n) is 5.85. The highest BCUT2D eigenvalue weighted by Crippen LogP contribution is 2.58. The van der Waals surface area contributed by atoms with Gasteiger partial charge in [0.05, 0.1) is 17.4 Å². The highest BCUT2D eigenvalue weighted by Gasteiger charge is 2.65. The molecule has 1 aliphatic carbocycles. The summed E-state index contributed by atoms with van der Waals surface area (Å²) in [5.41, 5.74) is -1.46. The summed E-state index contributed by atoms with van der Waals surface area (Å²) in [4.78, 5) is 22.9. The van der Waals surface area contributed by atoms with Crippen molar-refractivity contribution in [2.75, 3.05) is 18.6 Å². The van der Waals surface area contributed by atoms with Crippen LogP contribution in [0.25, 0.3) is 0 Å². The van der Waals surface area contributed by atoms with E-state index in [-0.39, 0.29) is 12.5 Å². The molecular formula is C12H21NO4S. The van der Waals surface area contributed by atoms with Crippen molar-refractivity contribution in [3.8, 4) is 0 Å². The number of hydrogen-bond acceptors (Lipinski definition) is 4. The van der Waals surface area contributed by atoms with Crippen molar-refractivity contribution < 1.29 is 19.8 Å². The molecule has 0 spiro atoms. The minimum absolute atomic E-state index is 0.144. The van der Waals surface area contributed by atoms with Crippen LogP contribution in [0.4, 0.5) is 0 Å². The molecule has 0 aromatic rings. The summed E-state index contributed by atoms with van der Waals surface area (Å²) in [5, 5.41) is 21.6. The standard InChI is InChI=1S/C12H21NO4S/c1-11(2)7(8(11)10(15)16)9(14)13-5-12(3,17)6-18-4/h7-8,17H,5-6H2,1-4H3,(H,13,14)(H,15,16). The van der Waals surface area contributed by atoms with Crippen molar-refractivity contribution in [2.45, 2.75) is 26.4 Å². The molecule has 3 unspecified atom stereocenters. The van der Waals surface area contributed by atoms with Crippen molar-refractivity contribution in [2.24, 2.45) is 17.3 Å². The van der Waals surface area contributed by atoms with Crippen molar-refractivity contribution in [1.82, 2.24) is 5.32 Å². The van der Waals surface area contributed by atoms with Gasteiger partial charge in [-0.15, -0.1) is 0 Å². The zero-order valence-electron chi connectivity index (χ0n) is 11.2. The zero-order chi connectivity index (χ0) is 14.1. The fraction of sp³-hybridized carbons (Fsp3) is 0.833. The summed E-state index contributed by atoms with van der Waals surface area (Å²) >= 11 is 1.49. The van der Waals surface area contributed by atoms with E-state index < -0.39 is 28.8 Å². The Hall–Kier alpha value is -0.750. The second-order valence-corrected chi connectivity index (χ2v) is 6.63. The van der Waals surface area contributed by atoms with Crippen LogP contribution in [0.5, 0.6) is 0 Å². The second-order valence-electron chi connectivity index (χ2n) is 5.76. The molecule has 5 nitrogen and oxygen atoms in total. The zero-order valence-corrected chi connectivity index (χ0v) is 12.0. The molecule has 6 heteroatoms. The van der Waals surface area contributed by atoms with Crippen molar-refractivity contribution in [3.63, 3.8) is 0 Å². The van der Waals surface area contributed by atoms with E-state index in [0.29, 0.717) is 5.75 Å². The predicted molar refractivity (Wildman–Crippen MR) is 70.4 cm³/mol. The maximum atomic E-state index is 11.9. The molecule has 0 radical (unpaired) electrons. The Morgan fingerprint density at radius 3 is 2.33 bits per heavy atom. The van der Waals surface area contributed by atoms with Crippen molar-refractivity contribution in [1.29, 1.82) is 0 Å². The minimum Gasteiger partial charge on any atom is -0.481 e. The number of hydrogen-bond donors (Lipinski definition) is 3. The molecule has 104 valence electrons. The van der Waals surface area contributed by atoms with Gasteiger partial charge in [-0.05, 0) is 18.6 Å². The lowest BCUT2D eigenvalue weighted by Gasteiger charge is -2.22. The number of carbonyl (C=O) groups is 2. The van der Waals surface area contributed by atoms with Crippen LogP contribution in [0.3, 0.4) is 0 Å². The summed E-state index contributed by atoms with van der Waals surface area (Å²) < 4.78 is 0. The van der Waals surface area contributed by atoms with Crippen LogP contribution in [0, 0.1) is 17.3 Å². The second kappa shape index (κ2) is 5.09. The Morgan fingerprint density at radius 2 is 1.94 bits per heavy atom. The van der Waals surface area contributed by atoms with Crippen LogP contribution in [0.15, 0.2) is 0 Å². The van der Waals surface area contributed by atoms with Crippen LogP contribution in [-0.4, -0.2) is 46.2 Å². The molecule has 3 atom stereocenters. The van der Waals surface area contributed by atoms with E-state index in [9.17, 15) is 14.7 Å². The van der Waals surface area contributed by atoms with Crippen LogP contribution < -0.4 is 5.32 Å². The van der Waals surface area contributed by atoms with E-state index >= 15 is 0 Å². The Kier molecular flexibility index (Phi) is 4.33. The van der Waals surface area contributed by atoms with Gasteiger partial charge >= 0.3 is 5.97 Å². The van der Waals surface area contributed by atoms with Gasteiger partial charge < -0.3 is 15.5 Å². The first kappa shape index (κ1) is 15.3. The lowest BCUT2D eigenvalue weighted by molar-refractivity contribution is -0.140. The lowest BCUT2D eigenvalue weighted by atomic mass is 10.1. The molecule has 0 aliphatic heterocycles. The molecule has 1 rings (SSSR count). The van der Waals surface area contributed by atoms with Gasteiger partial charge in [-0.1, -0.05) is 13.8 Å². The van der Waals surface area contributed by atoms with Crippen LogP contribution in [0.2, 0.25) is 0 Å². The van der Waals surface area contributed by atoms with Gasteiger partial charge in [0, 0.05) is 12.3 Å². The molecular weight excluding hydrogens is 254 g/mol. The largest absolute Gasteiger partial charge is 0.481 e. The minimum atomic E-state index is -0.965. The highest BCUT2D eigenvalue weighted by atomic mass is 32.2. The first-order chi connectivity index (χ1) is 8.13. The summed E-state index contributed by atoms with van der Waals surface area (Å²) in [6.45, 7) is 5.34. The third-order valence-corrected chi connectivity index (χ3v) is 4.39. The molecule has 3 N–H and O–H groups in total. The Labute approximate surface area is 111 Å². The number of aliphatic hydroxyl groups is 1. The summed E-state index contributed by atoms with van der Waals surface area (Å²) in [7, 11) is 0. The van der Waals surface area contributed by atoms with Crippen molar-refractivity contribution >= 4 is 23.6 Å². The summed E-state index contributed by atoms with van der Waals surface area (Å²) in [6.07, 6.45) is 1.88. The van der Waals surface area contributed by atoms with Gasteiger partial charge in [0.25, 0.3) is 0 Å². The van der Waals surface area contributed by atoms with Gasteiger partial charge in [-0.3, -0.25) is 9.59 Å². The Bertz CT molecular complexity index is 354. The number of amides is 1. The van der Waals surface area contributed by atoms with E-state index in [2.05, 4.69) is 5.32 Å². The fourth-order valence-corrected chi connectivity index (χ4v) is 3.06. The summed E-state index contributed by atoms with van der Waals surface area (Å²) in [6, 6.07) is 0. The molecule has 0 heterocycles. The third-order valence-electron chi connectivity index (χ3n) is 3.47. The molecule has 18 heavy (non-hydrogen) atoms. The molecule has 0 bridgehead atoms. The molecule has 1 fully saturated rings. The normalized spacial score (nSPS) is 28.3. The van der Waals surface area contributed by atoms with Gasteiger partial charge in [-0.2, -0.15) is 11.8 Å². The molecule has 0 aromatic carbocycles.